The molecular formula is C16H20ClN3O5S3. The summed E-state index contributed by atoms with van der Waals surface area (Å²) in [6.45, 7) is 1.20. The lowest BCUT2D eigenvalue weighted by molar-refractivity contribution is -0.116. The summed E-state index contributed by atoms with van der Waals surface area (Å²) in [5.74, 6) is -0.606. The summed E-state index contributed by atoms with van der Waals surface area (Å²) in [4.78, 5) is 12.3. The summed E-state index contributed by atoms with van der Waals surface area (Å²) in [6.07, 6.45) is 0. The molecule has 0 bridgehead atoms. The number of benzene rings is 1. The van der Waals surface area contributed by atoms with E-state index in [-0.39, 0.29) is 14.8 Å². The third-order valence-electron chi connectivity index (χ3n) is 3.81. The molecule has 1 aromatic heterocycles. The van der Waals surface area contributed by atoms with Crippen LogP contribution in [-0.2, 0) is 24.8 Å². The number of aryl methyl sites for hydroxylation is 1. The van der Waals surface area contributed by atoms with E-state index in [9.17, 15) is 21.6 Å². The number of halogens is 1. The van der Waals surface area contributed by atoms with Crippen molar-refractivity contribution >= 4 is 54.6 Å². The number of hydrogen-bond donors (Lipinski definition) is 1. The standard InChI is InChI=1S/C16H20ClN3O5S3/c1-11-5-6-12(9-13(11)27(22,23)19(2)3)18-15(21)10-20(4)28(24,25)16-8-7-14(17)26-16/h5-9H,10H2,1-4H3,(H,18,21). The minimum atomic E-state index is -3.85. The number of hydrogen-bond acceptors (Lipinski definition) is 6. The Morgan fingerprint density at radius 3 is 2.25 bits per heavy atom. The van der Waals surface area contributed by atoms with E-state index in [1.807, 2.05) is 0 Å². The first-order valence-corrected chi connectivity index (χ1v) is 12.0. The summed E-state index contributed by atoms with van der Waals surface area (Å²) >= 11 is 6.67. The number of likely N-dealkylation sites (N-methyl/N-ethyl adjacent to an activating group) is 1. The van der Waals surface area contributed by atoms with Crippen LogP contribution in [0.2, 0.25) is 4.34 Å². The number of nitrogens with one attached hydrogen (secondary N) is 1. The fourth-order valence-corrected chi connectivity index (χ4v) is 6.19. The summed E-state index contributed by atoms with van der Waals surface area (Å²) in [6, 6.07) is 7.30. The molecule has 1 N–H and O–H groups in total. The van der Waals surface area contributed by atoms with Gasteiger partial charge in [0.15, 0.2) is 0 Å². The van der Waals surface area contributed by atoms with Crippen molar-refractivity contribution in [1.82, 2.24) is 8.61 Å². The molecule has 154 valence electrons. The summed E-state index contributed by atoms with van der Waals surface area (Å²) in [7, 11) is -3.43. The second-order valence-electron chi connectivity index (χ2n) is 6.14. The molecule has 1 amide bonds. The van der Waals surface area contributed by atoms with Gasteiger partial charge in [-0.05, 0) is 36.8 Å². The number of thiophene rings is 1. The Kier molecular flexibility index (Phi) is 6.90. The lowest BCUT2D eigenvalue weighted by Gasteiger charge is -2.17. The molecule has 0 radical (unpaired) electrons. The van der Waals surface area contributed by atoms with Gasteiger partial charge < -0.3 is 5.32 Å². The minimum Gasteiger partial charge on any atom is -0.325 e. The van der Waals surface area contributed by atoms with Crippen LogP contribution in [-0.4, -0.2) is 59.0 Å². The van der Waals surface area contributed by atoms with Crippen LogP contribution in [0.3, 0.4) is 0 Å². The highest BCUT2D eigenvalue weighted by Gasteiger charge is 2.25. The number of carbonyl (C=O) groups is 1. The molecule has 28 heavy (non-hydrogen) atoms. The Morgan fingerprint density at radius 1 is 1.07 bits per heavy atom. The molecule has 0 saturated heterocycles. The average Bonchev–Trinajstić information content (AvgIpc) is 3.03. The van der Waals surface area contributed by atoms with Crippen molar-refractivity contribution in [2.24, 2.45) is 0 Å². The van der Waals surface area contributed by atoms with Gasteiger partial charge in [-0.3, -0.25) is 4.79 Å². The van der Waals surface area contributed by atoms with Crippen LogP contribution in [0.25, 0.3) is 0 Å². The van der Waals surface area contributed by atoms with Crippen molar-refractivity contribution in [2.45, 2.75) is 16.0 Å². The summed E-state index contributed by atoms with van der Waals surface area (Å²) in [5.41, 5.74) is 0.780. The molecule has 0 aliphatic heterocycles. The summed E-state index contributed by atoms with van der Waals surface area (Å²) < 4.78 is 52.0. The number of sulfonamides is 2. The topological polar surface area (TPSA) is 104 Å². The van der Waals surface area contributed by atoms with E-state index >= 15 is 0 Å². The second-order valence-corrected chi connectivity index (χ2v) is 12.2. The molecule has 1 aromatic carbocycles. The fourth-order valence-electron chi connectivity index (χ4n) is 2.23. The first kappa shape index (κ1) is 22.8. The van der Waals surface area contributed by atoms with Gasteiger partial charge in [-0.1, -0.05) is 17.7 Å². The van der Waals surface area contributed by atoms with Gasteiger partial charge in [0.05, 0.1) is 15.8 Å². The van der Waals surface area contributed by atoms with Crippen LogP contribution >= 0.6 is 22.9 Å². The fraction of sp³-hybridized carbons (Fsp3) is 0.312. The molecule has 2 aromatic rings. The van der Waals surface area contributed by atoms with Gasteiger partial charge in [0.2, 0.25) is 15.9 Å². The largest absolute Gasteiger partial charge is 0.325 e. The molecule has 12 heteroatoms. The first-order chi connectivity index (χ1) is 12.9. The highest BCUT2D eigenvalue weighted by Crippen LogP contribution is 2.27. The molecule has 0 spiro atoms. The number of anilines is 1. The van der Waals surface area contributed by atoms with Gasteiger partial charge >= 0.3 is 0 Å². The third-order valence-corrected chi connectivity index (χ3v) is 9.27. The highest BCUT2D eigenvalue weighted by atomic mass is 35.5. The number of rotatable bonds is 7. The molecule has 1 heterocycles. The van der Waals surface area contributed by atoms with Crippen molar-refractivity contribution in [3.63, 3.8) is 0 Å². The zero-order valence-electron chi connectivity index (χ0n) is 15.6. The predicted molar refractivity (Wildman–Crippen MR) is 110 cm³/mol. The zero-order chi connectivity index (χ0) is 21.3. The number of amides is 1. The monoisotopic (exact) mass is 465 g/mol. The lowest BCUT2D eigenvalue weighted by Crippen LogP contribution is -2.34. The third kappa shape index (κ3) is 4.91. The van der Waals surface area contributed by atoms with E-state index in [4.69, 9.17) is 11.6 Å². The average molecular weight is 466 g/mol. The van der Waals surface area contributed by atoms with E-state index < -0.39 is 32.5 Å². The van der Waals surface area contributed by atoms with Gasteiger partial charge in [0.25, 0.3) is 10.0 Å². The van der Waals surface area contributed by atoms with Crippen molar-refractivity contribution in [2.75, 3.05) is 33.0 Å². The molecule has 0 aliphatic rings. The van der Waals surface area contributed by atoms with Gasteiger partial charge in [0, 0.05) is 26.8 Å². The van der Waals surface area contributed by atoms with Crippen LogP contribution in [0, 0.1) is 6.92 Å². The van der Waals surface area contributed by atoms with Crippen LogP contribution in [0.5, 0.6) is 0 Å². The van der Waals surface area contributed by atoms with Crippen molar-refractivity contribution in [3.05, 3.63) is 40.2 Å². The molecular weight excluding hydrogens is 446 g/mol. The normalized spacial score (nSPS) is 12.5. The maximum Gasteiger partial charge on any atom is 0.252 e. The van der Waals surface area contributed by atoms with E-state index in [0.717, 1.165) is 19.9 Å². The van der Waals surface area contributed by atoms with Crippen LogP contribution in [0.15, 0.2) is 39.4 Å². The second kappa shape index (κ2) is 8.47. The molecule has 0 unspecified atom stereocenters. The zero-order valence-corrected chi connectivity index (χ0v) is 18.8. The maximum absolute atomic E-state index is 12.5. The quantitative estimate of drug-likeness (QED) is 0.675. The summed E-state index contributed by atoms with van der Waals surface area (Å²) in [5, 5.41) is 2.53. The number of carbonyl (C=O) groups excluding carboxylic acids is 1. The van der Waals surface area contributed by atoms with Crippen molar-refractivity contribution < 1.29 is 21.6 Å². The van der Waals surface area contributed by atoms with Gasteiger partial charge in [-0.2, -0.15) is 4.31 Å². The Bertz CT molecular complexity index is 1090. The van der Waals surface area contributed by atoms with Gasteiger partial charge in [0.1, 0.15) is 4.21 Å². The molecule has 0 aliphatic carbocycles. The SMILES string of the molecule is Cc1ccc(NC(=O)CN(C)S(=O)(=O)c2ccc(Cl)s2)cc1S(=O)(=O)N(C)C. The van der Waals surface area contributed by atoms with Gasteiger partial charge in [-0.15, -0.1) is 11.3 Å². The first-order valence-electron chi connectivity index (χ1n) is 7.90. The van der Waals surface area contributed by atoms with Crippen LogP contribution < -0.4 is 5.32 Å². The maximum atomic E-state index is 12.5. The molecule has 0 atom stereocenters. The van der Waals surface area contributed by atoms with E-state index in [2.05, 4.69) is 5.32 Å². The highest BCUT2D eigenvalue weighted by molar-refractivity contribution is 7.91. The lowest BCUT2D eigenvalue weighted by atomic mass is 10.2. The molecule has 0 fully saturated rings. The van der Waals surface area contributed by atoms with E-state index in [1.165, 1.54) is 39.3 Å². The Balaban J connectivity index is 2.17. The Hall–Kier alpha value is -1.50. The number of nitrogens with zero attached hydrogens (tertiary/aromatic N) is 2. The Morgan fingerprint density at radius 2 is 1.71 bits per heavy atom. The predicted octanol–water partition coefficient (Wildman–Crippen LogP) is 2.22. The van der Waals surface area contributed by atoms with Crippen molar-refractivity contribution in [3.8, 4) is 0 Å². The minimum absolute atomic E-state index is 0.0301. The Labute approximate surface area is 173 Å². The molecule has 0 saturated carbocycles. The smallest absolute Gasteiger partial charge is 0.252 e. The van der Waals surface area contributed by atoms with Crippen LogP contribution in [0.4, 0.5) is 5.69 Å². The molecule has 2 rings (SSSR count). The van der Waals surface area contributed by atoms with Crippen molar-refractivity contribution in [1.29, 1.82) is 0 Å². The van der Waals surface area contributed by atoms with Gasteiger partial charge in [-0.25, -0.2) is 21.1 Å². The van der Waals surface area contributed by atoms with E-state index in [1.54, 1.807) is 19.1 Å². The van der Waals surface area contributed by atoms with E-state index in [0.29, 0.717) is 9.90 Å². The molecule has 8 nitrogen and oxygen atoms in total. The van der Waals surface area contributed by atoms with Crippen LogP contribution in [0.1, 0.15) is 5.56 Å².